The van der Waals surface area contributed by atoms with Crippen LogP contribution in [0.1, 0.15) is 28.2 Å². The van der Waals surface area contributed by atoms with Gasteiger partial charge < -0.3 is 0 Å². The molecule has 0 aromatic rings. The standard InChI is InChI=1S/C7H18Si.C4H12Si.C3H6.CH4/c1-7(2)6-8(3,4)5;1-5(2,3)4;1-3-2;/h7H,6H2,1-5H3;1-4H3;3H,1H2,2H3;1H4. The first-order chi connectivity index (χ1) is 6.83. The van der Waals surface area contributed by atoms with Crippen molar-refractivity contribution in [3.8, 4) is 0 Å². The van der Waals surface area contributed by atoms with Crippen molar-refractivity contribution >= 4 is 16.1 Å². The molecule has 108 valence electrons. The summed E-state index contributed by atoms with van der Waals surface area (Å²) in [6.07, 6.45) is 1.75. The van der Waals surface area contributed by atoms with Gasteiger partial charge in [-0.1, -0.05) is 79.2 Å². The maximum atomic E-state index is 3.36. The highest BCUT2D eigenvalue weighted by atomic mass is 28.3. The van der Waals surface area contributed by atoms with E-state index in [0.717, 1.165) is 5.92 Å². The molecule has 0 fully saturated rings. The Morgan fingerprint density at radius 2 is 1.12 bits per heavy atom. The third-order valence-electron chi connectivity index (χ3n) is 1.02. The summed E-state index contributed by atoms with van der Waals surface area (Å²) in [6, 6.07) is 1.47. The smallest absolute Gasteiger partial charge is 0.0445 e. The quantitative estimate of drug-likeness (QED) is 0.386. The molecule has 0 bridgehead atoms. The van der Waals surface area contributed by atoms with Gasteiger partial charge in [-0.2, -0.15) is 0 Å². The van der Waals surface area contributed by atoms with Gasteiger partial charge in [0.15, 0.2) is 0 Å². The average Bonchev–Trinajstić information content (AvgIpc) is 1.76. The van der Waals surface area contributed by atoms with Gasteiger partial charge in [0.1, 0.15) is 0 Å². The van der Waals surface area contributed by atoms with Crippen LogP contribution >= 0.6 is 0 Å². The lowest BCUT2D eigenvalue weighted by Crippen LogP contribution is -2.21. The van der Waals surface area contributed by atoms with Gasteiger partial charge in [0.2, 0.25) is 0 Å². The molecule has 0 rings (SSSR count). The van der Waals surface area contributed by atoms with E-state index in [1.165, 1.54) is 6.04 Å². The Kier molecular flexibility index (Phi) is 19.2. The Bertz CT molecular complexity index is 141. The summed E-state index contributed by atoms with van der Waals surface area (Å²) in [4.78, 5) is 0. The van der Waals surface area contributed by atoms with Crippen molar-refractivity contribution in [3.63, 3.8) is 0 Å². The van der Waals surface area contributed by atoms with Gasteiger partial charge in [0, 0.05) is 16.1 Å². The van der Waals surface area contributed by atoms with Crippen molar-refractivity contribution in [2.24, 2.45) is 5.92 Å². The lowest BCUT2D eigenvalue weighted by molar-refractivity contribution is 0.721. The number of allylic oxidation sites excluding steroid dienone is 1. The zero-order valence-electron chi connectivity index (χ0n) is 13.6. The van der Waals surface area contributed by atoms with Crippen LogP contribution in [-0.4, -0.2) is 16.1 Å². The zero-order valence-corrected chi connectivity index (χ0v) is 15.6. The van der Waals surface area contributed by atoms with Gasteiger partial charge in [-0.05, 0) is 12.8 Å². The van der Waals surface area contributed by atoms with Gasteiger partial charge in [0.05, 0.1) is 0 Å². The summed E-state index contributed by atoms with van der Waals surface area (Å²) in [5.74, 6) is 0.904. The zero-order chi connectivity index (χ0) is 14.0. The van der Waals surface area contributed by atoms with E-state index in [9.17, 15) is 0 Å². The Morgan fingerprint density at radius 3 is 1.12 bits per heavy atom. The largest absolute Gasteiger partial charge is 0.103 e. The number of hydrogen-bond donors (Lipinski definition) is 0. The van der Waals surface area contributed by atoms with E-state index in [-0.39, 0.29) is 7.43 Å². The summed E-state index contributed by atoms with van der Waals surface area (Å²) < 4.78 is 0. The first-order valence-electron chi connectivity index (χ1n) is 6.40. The molecular weight excluding hydrogens is 236 g/mol. The van der Waals surface area contributed by atoms with Gasteiger partial charge in [-0.25, -0.2) is 0 Å². The minimum atomic E-state index is -0.720. The van der Waals surface area contributed by atoms with E-state index < -0.39 is 16.1 Å². The molecular formula is C15H40Si2. The highest BCUT2D eigenvalue weighted by Crippen LogP contribution is 2.14. The maximum absolute atomic E-state index is 3.36. The summed E-state index contributed by atoms with van der Waals surface area (Å²) in [6.45, 7) is 26.4. The Labute approximate surface area is 115 Å². The minimum absolute atomic E-state index is 0. The van der Waals surface area contributed by atoms with E-state index >= 15 is 0 Å². The summed E-state index contributed by atoms with van der Waals surface area (Å²) in [5, 5.41) is 0. The molecule has 2 heteroatoms. The minimum Gasteiger partial charge on any atom is -0.103 e. The molecule has 0 radical (unpaired) electrons. The van der Waals surface area contributed by atoms with Crippen molar-refractivity contribution in [1.82, 2.24) is 0 Å². The Balaban J connectivity index is -0.0000000815. The third-order valence-corrected chi connectivity index (χ3v) is 3.06. The molecule has 0 aliphatic heterocycles. The van der Waals surface area contributed by atoms with Gasteiger partial charge in [0.25, 0.3) is 0 Å². The summed E-state index contributed by atoms with van der Waals surface area (Å²) >= 11 is 0. The predicted octanol–water partition coefficient (Wildman–Crippen LogP) is 6.76. The molecule has 0 N–H and O–H groups in total. The van der Waals surface area contributed by atoms with Crippen molar-refractivity contribution in [3.05, 3.63) is 12.7 Å². The highest BCUT2D eigenvalue weighted by molar-refractivity contribution is 6.76. The van der Waals surface area contributed by atoms with Crippen LogP contribution in [0.15, 0.2) is 12.7 Å². The second kappa shape index (κ2) is 12.6. The van der Waals surface area contributed by atoms with E-state index in [0.29, 0.717) is 0 Å². The fraction of sp³-hybridized carbons (Fsp3) is 0.867. The van der Waals surface area contributed by atoms with Crippen molar-refractivity contribution in [2.75, 3.05) is 0 Å². The van der Waals surface area contributed by atoms with Crippen LogP contribution < -0.4 is 0 Å². The van der Waals surface area contributed by atoms with Crippen LogP contribution in [-0.2, 0) is 0 Å². The van der Waals surface area contributed by atoms with Gasteiger partial charge in [-0.3, -0.25) is 0 Å². The fourth-order valence-corrected chi connectivity index (χ4v) is 3.67. The second-order valence-electron chi connectivity index (χ2n) is 7.57. The number of rotatable bonds is 2. The summed E-state index contributed by atoms with van der Waals surface area (Å²) in [5.41, 5.74) is 0. The SMILES string of the molecule is C.C=CC.CC(C)C[Si](C)(C)C.C[Si](C)(C)C. The molecule has 0 saturated carbocycles. The normalized spacial score (nSPS) is 10.3. The van der Waals surface area contributed by atoms with Crippen LogP contribution in [0.25, 0.3) is 0 Å². The first-order valence-corrected chi connectivity index (χ1v) is 14.1. The Hall–Kier alpha value is 0.174. The van der Waals surface area contributed by atoms with Gasteiger partial charge >= 0.3 is 0 Å². The van der Waals surface area contributed by atoms with E-state index in [1.54, 1.807) is 6.08 Å². The molecule has 0 aliphatic carbocycles. The third kappa shape index (κ3) is 121. The van der Waals surface area contributed by atoms with Crippen molar-refractivity contribution < 1.29 is 0 Å². The molecule has 0 saturated heterocycles. The predicted molar refractivity (Wildman–Crippen MR) is 94.8 cm³/mol. The lowest BCUT2D eigenvalue weighted by Gasteiger charge is -2.17. The first kappa shape index (κ1) is 25.9. The monoisotopic (exact) mass is 276 g/mol. The van der Waals surface area contributed by atoms with Crippen molar-refractivity contribution in [2.45, 2.75) is 80.1 Å². The topological polar surface area (TPSA) is 0 Å². The van der Waals surface area contributed by atoms with E-state index in [1.807, 2.05) is 6.92 Å². The molecule has 0 atom stereocenters. The van der Waals surface area contributed by atoms with Crippen LogP contribution in [0.5, 0.6) is 0 Å². The van der Waals surface area contributed by atoms with Gasteiger partial charge in [-0.15, -0.1) is 6.58 Å². The summed E-state index contributed by atoms with van der Waals surface area (Å²) in [7, 11) is -1.33. The van der Waals surface area contributed by atoms with Crippen LogP contribution in [0.3, 0.4) is 0 Å². The molecule has 0 amide bonds. The molecule has 0 heterocycles. The fourth-order valence-electron chi connectivity index (χ4n) is 1.22. The molecule has 0 aliphatic rings. The Morgan fingerprint density at radius 1 is 0.941 bits per heavy atom. The molecule has 0 aromatic heterocycles. The van der Waals surface area contributed by atoms with Crippen LogP contribution in [0, 0.1) is 5.92 Å². The second-order valence-corrected chi connectivity index (χ2v) is 19.1. The molecule has 0 aromatic carbocycles. The number of hydrogen-bond acceptors (Lipinski definition) is 0. The maximum Gasteiger partial charge on any atom is 0.0445 e. The van der Waals surface area contributed by atoms with Crippen molar-refractivity contribution in [1.29, 1.82) is 0 Å². The van der Waals surface area contributed by atoms with E-state index in [4.69, 9.17) is 0 Å². The highest BCUT2D eigenvalue weighted by Gasteiger charge is 2.13. The van der Waals surface area contributed by atoms with Crippen LogP contribution in [0.4, 0.5) is 0 Å². The molecule has 0 spiro atoms. The molecule has 0 nitrogen and oxygen atoms in total. The molecule has 0 unspecified atom stereocenters. The molecule has 17 heavy (non-hydrogen) atoms. The van der Waals surface area contributed by atoms with Crippen LogP contribution in [0.2, 0.25) is 51.9 Å². The lowest BCUT2D eigenvalue weighted by atomic mass is 10.3. The van der Waals surface area contributed by atoms with E-state index in [2.05, 4.69) is 66.3 Å². The average molecular weight is 277 g/mol.